The molecule has 29 heavy (non-hydrogen) atoms. The number of carbonyl (C=O) groups is 5. The molecule has 4 unspecified atom stereocenters. The number of rotatable bonds is 14. The normalized spacial score (nSPS) is 14.8. The molecule has 0 heterocycles. The lowest BCUT2D eigenvalue weighted by Gasteiger charge is -2.24. The number of carboxylic acid groups (broad SMARTS) is 2. The molecule has 0 aliphatic rings. The molecule has 0 saturated carbocycles. The van der Waals surface area contributed by atoms with Crippen LogP contribution in [-0.2, 0) is 24.0 Å². The van der Waals surface area contributed by atoms with Crippen LogP contribution in [-0.4, -0.2) is 87.6 Å². The van der Waals surface area contributed by atoms with E-state index in [0.29, 0.717) is 5.75 Å². The van der Waals surface area contributed by atoms with Gasteiger partial charge >= 0.3 is 11.9 Å². The van der Waals surface area contributed by atoms with Crippen LogP contribution < -0.4 is 21.7 Å². The van der Waals surface area contributed by atoms with Gasteiger partial charge in [0, 0.05) is 11.5 Å². The number of aliphatic carboxylic acids is 2. The number of carbonyl (C=O) groups excluding carboxylic acids is 3. The summed E-state index contributed by atoms with van der Waals surface area (Å²) in [6.07, 6.45) is 1.21. The van der Waals surface area contributed by atoms with E-state index in [1.165, 1.54) is 11.8 Å². The van der Waals surface area contributed by atoms with E-state index in [0.717, 1.165) is 0 Å². The third-order valence-corrected chi connectivity index (χ3v) is 4.99. The lowest BCUT2D eigenvalue weighted by Crippen LogP contribution is -2.58. The van der Waals surface area contributed by atoms with Crippen LogP contribution in [0.3, 0.4) is 0 Å². The molecule has 11 nitrogen and oxygen atoms in total. The van der Waals surface area contributed by atoms with E-state index >= 15 is 0 Å². The molecule has 0 bridgehead atoms. The number of amides is 3. The Morgan fingerprint density at radius 2 is 1.41 bits per heavy atom. The highest BCUT2D eigenvalue weighted by Gasteiger charge is 2.31. The fourth-order valence-electron chi connectivity index (χ4n) is 1.98. The Morgan fingerprint density at radius 3 is 1.86 bits per heavy atom. The molecule has 0 aliphatic heterocycles. The van der Waals surface area contributed by atoms with Crippen molar-refractivity contribution >= 4 is 66.7 Å². The first-order valence-corrected chi connectivity index (χ1v) is 11.0. The van der Waals surface area contributed by atoms with Gasteiger partial charge in [0.25, 0.3) is 0 Å². The van der Waals surface area contributed by atoms with E-state index in [4.69, 9.17) is 15.9 Å². The fraction of sp³-hybridized carbons (Fsp3) is 0.667. The van der Waals surface area contributed by atoms with Gasteiger partial charge in [-0.3, -0.25) is 19.2 Å². The van der Waals surface area contributed by atoms with E-state index in [-0.39, 0.29) is 17.9 Å². The van der Waals surface area contributed by atoms with Crippen molar-refractivity contribution in [1.29, 1.82) is 0 Å². The van der Waals surface area contributed by atoms with E-state index in [1.54, 1.807) is 6.26 Å². The van der Waals surface area contributed by atoms with Crippen molar-refractivity contribution in [2.45, 2.75) is 37.0 Å². The highest BCUT2D eigenvalue weighted by Crippen LogP contribution is 2.04. The van der Waals surface area contributed by atoms with Crippen LogP contribution in [0.5, 0.6) is 0 Å². The lowest BCUT2D eigenvalue weighted by atomic mass is 10.1. The molecule has 0 spiro atoms. The molecule has 3 amide bonds. The summed E-state index contributed by atoms with van der Waals surface area (Å²) in [7, 11) is 0. The van der Waals surface area contributed by atoms with Gasteiger partial charge in [-0.25, -0.2) is 4.79 Å². The van der Waals surface area contributed by atoms with Crippen LogP contribution in [0.4, 0.5) is 0 Å². The standard InChI is InChI=1S/C15H26N4O7S3/c1-29-3-2-8(17-12(22)7(16)5-27)13(23)18-9(4-11(20)21)14(24)19-10(6-28)15(25)26/h7-10,27-28H,2-6,16H2,1H3,(H,17,22)(H,18,23)(H,19,24)(H,20,21)(H,25,26). The Kier molecular flexibility index (Phi) is 13.5. The third kappa shape index (κ3) is 10.6. The fourth-order valence-corrected chi connectivity index (χ4v) is 2.86. The first-order valence-electron chi connectivity index (χ1n) is 8.39. The van der Waals surface area contributed by atoms with Crippen LogP contribution in [0, 0.1) is 0 Å². The second-order valence-corrected chi connectivity index (χ2v) is 7.59. The predicted molar refractivity (Wildman–Crippen MR) is 114 cm³/mol. The third-order valence-electron chi connectivity index (χ3n) is 3.59. The van der Waals surface area contributed by atoms with Crippen LogP contribution >= 0.6 is 37.0 Å². The average Bonchev–Trinajstić information content (AvgIpc) is 2.66. The maximum atomic E-state index is 12.6. The van der Waals surface area contributed by atoms with Crippen molar-refractivity contribution in [3.63, 3.8) is 0 Å². The summed E-state index contributed by atoms with van der Waals surface area (Å²) >= 11 is 9.14. The molecule has 14 heteroatoms. The Bertz CT molecular complexity index is 608. The highest BCUT2D eigenvalue weighted by molar-refractivity contribution is 7.98. The molecule has 0 aromatic carbocycles. The first-order chi connectivity index (χ1) is 13.6. The lowest BCUT2D eigenvalue weighted by molar-refractivity contribution is -0.143. The minimum absolute atomic E-state index is 0.0487. The number of carboxylic acids is 2. The second kappa shape index (κ2) is 14.4. The Hall–Kier alpha value is -1.64. The Labute approximate surface area is 183 Å². The predicted octanol–water partition coefficient (Wildman–Crippen LogP) is -2.06. The molecule has 7 N–H and O–H groups in total. The summed E-state index contributed by atoms with van der Waals surface area (Å²) in [6, 6.07) is -4.92. The van der Waals surface area contributed by atoms with Crippen LogP contribution in [0.1, 0.15) is 12.8 Å². The molecule has 0 fully saturated rings. The number of thiol groups is 2. The second-order valence-electron chi connectivity index (χ2n) is 5.87. The number of hydrogen-bond acceptors (Lipinski definition) is 9. The van der Waals surface area contributed by atoms with Gasteiger partial charge in [0.05, 0.1) is 12.5 Å². The van der Waals surface area contributed by atoms with Crippen LogP contribution in [0.25, 0.3) is 0 Å². The van der Waals surface area contributed by atoms with Gasteiger partial charge in [0.2, 0.25) is 17.7 Å². The molecule has 0 aliphatic carbocycles. The highest BCUT2D eigenvalue weighted by atomic mass is 32.2. The maximum absolute atomic E-state index is 12.6. The van der Waals surface area contributed by atoms with Crippen molar-refractivity contribution in [2.75, 3.05) is 23.5 Å². The van der Waals surface area contributed by atoms with Crippen molar-refractivity contribution in [1.82, 2.24) is 16.0 Å². The summed E-state index contributed by atoms with van der Waals surface area (Å²) in [5, 5.41) is 24.8. The molecular weight excluding hydrogens is 444 g/mol. The summed E-state index contributed by atoms with van der Waals surface area (Å²) < 4.78 is 0. The van der Waals surface area contributed by atoms with E-state index in [1.807, 2.05) is 0 Å². The molecule has 0 saturated heterocycles. The van der Waals surface area contributed by atoms with Gasteiger partial charge in [-0.15, -0.1) is 0 Å². The summed E-state index contributed by atoms with van der Waals surface area (Å²) in [5.74, 6) is -4.85. The van der Waals surface area contributed by atoms with Gasteiger partial charge in [-0.05, 0) is 18.4 Å². The smallest absolute Gasteiger partial charge is 0.327 e. The molecule has 0 aromatic heterocycles. The number of hydrogen-bond donors (Lipinski definition) is 8. The Morgan fingerprint density at radius 1 is 0.897 bits per heavy atom. The molecule has 0 rings (SSSR count). The average molecular weight is 471 g/mol. The van der Waals surface area contributed by atoms with Gasteiger partial charge in [0.15, 0.2) is 0 Å². The van der Waals surface area contributed by atoms with Gasteiger partial charge in [-0.2, -0.15) is 37.0 Å². The van der Waals surface area contributed by atoms with E-state index in [9.17, 15) is 24.0 Å². The maximum Gasteiger partial charge on any atom is 0.327 e. The SMILES string of the molecule is CSCCC(NC(=O)C(N)CS)C(=O)NC(CC(=O)O)C(=O)NC(CS)C(=O)O. The summed E-state index contributed by atoms with van der Waals surface area (Å²) in [6.45, 7) is 0. The summed E-state index contributed by atoms with van der Waals surface area (Å²) in [4.78, 5) is 59.0. The quantitative estimate of drug-likeness (QED) is 0.132. The van der Waals surface area contributed by atoms with E-state index < -0.39 is 60.2 Å². The first kappa shape index (κ1) is 27.4. The minimum Gasteiger partial charge on any atom is -0.481 e. The molecule has 166 valence electrons. The largest absolute Gasteiger partial charge is 0.481 e. The zero-order valence-electron chi connectivity index (χ0n) is 15.7. The van der Waals surface area contributed by atoms with Crippen molar-refractivity contribution in [3.05, 3.63) is 0 Å². The number of thioether (sulfide) groups is 1. The van der Waals surface area contributed by atoms with Gasteiger partial charge in [-0.1, -0.05) is 0 Å². The van der Waals surface area contributed by atoms with Gasteiger partial charge < -0.3 is 31.9 Å². The van der Waals surface area contributed by atoms with E-state index in [2.05, 4.69) is 41.2 Å². The topological polar surface area (TPSA) is 188 Å². The van der Waals surface area contributed by atoms with Crippen molar-refractivity contribution in [3.8, 4) is 0 Å². The number of nitrogens with two attached hydrogens (primary N) is 1. The zero-order valence-corrected chi connectivity index (χ0v) is 18.3. The monoisotopic (exact) mass is 470 g/mol. The number of nitrogens with one attached hydrogen (secondary N) is 3. The van der Waals surface area contributed by atoms with Crippen LogP contribution in [0.2, 0.25) is 0 Å². The van der Waals surface area contributed by atoms with Crippen LogP contribution in [0.15, 0.2) is 0 Å². The minimum atomic E-state index is -1.55. The van der Waals surface area contributed by atoms with Gasteiger partial charge in [0.1, 0.15) is 18.1 Å². The summed E-state index contributed by atoms with van der Waals surface area (Å²) in [5.41, 5.74) is 5.58. The molecule has 0 radical (unpaired) electrons. The van der Waals surface area contributed by atoms with Crippen molar-refractivity contribution < 1.29 is 34.2 Å². The molecule has 4 atom stereocenters. The Balaban J connectivity index is 5.34. The van der Waals surface area contributed by atoms with Crippen molar-refractivity contribution in [2.24, 2.45) is 5.73 Å². The zero-order chi connectivity index (χ0) is 22.6. The molecule has 0 aromatic rings. The molecular formula is C15H26N4O7S3.